The van der Waals surface area contributed by atoms with E-state index in [2.05, 4.69) is 15.0 Å². The van der Waals surface area contributed by atoms with Gasteiger partial charge in [0, 0.05) is 12.6 Å². The van der Waals surface area contributed by atoms with E-state index < -0.39 is 16.1 Å². The molecule has 2 aromatic rings. The Hall–Kier alpha value is -2.13. The van der Waals surface area contributed by atoms with Gasteiger partial charge in [-0.15, -0.1) is 0 Å². The summed E-state index contributed by atoms with van der Waals surface area (Å²) in [6.07, 6.45) is 6.71. The lowest BCUT2D eigenvalue weighted by Crippen LogP contribution is -2.43. The van der Waals surface area contributed by atoms with Gasteiger partial charge in [0.15, 0.2) is 0 Å². The van der Waals surface area contributed by atoms with Crippen molar-refractivity contribution in [2.45, 2.75) is 55.7 Å². The lowest BCUT2D eigenvalue weighted by molar-refractivity contribution is -0.0586. The maximum absolute atomic E-state index is 12.6. The molecule has 0 radical (unpaired) electrons. The summed E-state index contributed by atoms with van der Waals surface area (Å²) in [7, 11) is -3.94. The number of aromatic nitrogens is 2. The van der Waals surface area contributed by atoms with Gasteiger partial charge in [-0.05, 0) is 37.5 Å². The molecule has 0 bridgehead atoms. The number of ether oxygens (including phenoxy) is 1. The fourth-order valence-electron chi connectivity index (χ4n) is 3.46. The molecule has 1 aromatic heterocycles. The molecule has 1 aliphatic carbocycles. The van der Waals surface area contributed by atoms with Crippen LogP contribution in [-0.2, 0) is 21.3 Å². The van der Waals surface area contributed by atoms with Gasteiger partial charge in [0.25, 0.3) is 10.0 Å². The van der Waals surface area contributed by atoms with Crippen molar-refractivity contribution in [2.75, 3.05) is 6.61 Å². The van der Waals surface area contributed by atoms with Crippen LogP contribution < -0.4 is 10.0 Å². The smallest absolute Gasteiger partial charge is 0.328 e. The van der Waals surface area contributed by atoms with Gasteiger partial charge in [-0.3, -0.25) is 0 Å². The van der Waals surface area contributed by atoms with E-state index in [-0.39, 0.29) is 17.0 Å². The Morgan fingerprint density at radius 1 is 1.27 bits per heavy atom. The summed E-state index contributed by atoms with van der Waals surface area (Å²) in [6, 6.07) is 4.04. The number of carbonyl (C=O) groups excluding carboxylic acids is 1. The number of nitrogens with one attached hydrogen (secondary N) is 2. The van der Waals surface area contributed by atoms with Crippen LogP contribution in [0.1, 0.15) is 32.1 Å². The highest BCUT2D eigenvalue weighted by Gasteiger charge is 2.23. The highest BCUT2D eigenvalue weighted by atomic mass is 32.2. The number of hydrogen-bond donors (Lipinski definition) is 2. The molecule has 4 rings (SSSR count). The van der Waals surface area contributed by atoms with Crippen molar-refractivity contribution < 1.29 is 17.9 Å². The van der Waals surface area contributed by atoms with Gasteiger partial charge in [0.1, 0.15) is 0 Å². The van der Waals surface area contributed by atoms with Gasteiger partial charge in [0.05, 0.1) is 34.9 Å². The minimum absolute atomic E-state index is 0.0443. The molecule has 1 saturated heterocycles. The number of benzene rings is 1. The van der Waals surface area contributed by atoms with Gasteiger partial charge in [-0.25, -0.2) is 22.9 Å². The van der Waals surface area contributed by atoms with Crippen molar-refractivity contribution in [1.82, 2.24) is 19.6 Å². The topological polar surface area (TPSA) is 102 Å². The fourth-order valence-corrected chi connectivity index (χ4v) is 4.40. The standard InChI is InChI=1S/C17H22N4O4S/c22-17(19-12-3-1-2-4-12)20-26(23,24)14-5-6-15-16(9-14)21(11-18-15)10-13-7-8-25-13/h5-6,9,11-13H,1-4,7-8,10H2,(H2,19,20,22). The first-order valence-corrected chi connectivity index (χ1v) is 10.4. The Bertz CT molecular complexity index is 914. The summed E-state index contributed by atoms with van der Waals surface area (Å²) >= 11 is 0. The summed E-state index contributed by atoms with van der Waals surface area (Å²) in [4.78, 5) is 16.4. The largest absolute Gasteiger partial charge is 0.376 e. The van der Waals surface area contributed by atoms with Crippen LogP contribution in [0.25, 0.3) is 11.0 Å². The molecule has 1 atom stereocenters. The van der Waals surface area contributed by atoms with Gasteiger partial charge in [-0.1, -0.05) is 12.8 Å². The lowest BCUT2D eigenvalue weighted by atomic mass is 10.2. The molecular weight excluding hydrogens is 356 g/mol. The number of nitrogens with zero attached hydrogens (tertiary/aromatic N) is 2. The maximum atomic E-state index is 12.6. The summed E-state index contributed by atoms with van der Waals surface area (Å²) in [5.41, 5.74) is 1.42. The number of fused-ring (bicyclic) bond motifs is 1. The van der Waals surface area contributed by atoms with Crippen LogP contribution in [0, 0.1) is 0 Å². The lowest BCUT2D eigenvalue weighted by Gasteiger charge is -2.26. The first-order valence-electron chi connectivity index (χ1n) is 8.91. The van der Waals surface area contributed by atoms with Crippen molar-refractivity contribution in [3.05, 3.63) is 24.5 Å². The predicted octanol–water partition coefficient (Wildman–Crippen LogP) is 1.76. The van der Waals surface area contributed by atoms with E-state index in [1.54, 1.807) is 18.5 Å². The van der Waals surface area contributed by atoms with Crippen molar-refractivity contribution >= 4 is 27.1 Å². The predicted molar refractivity (Wildman–Crippen MR) is 95.2 cm³/mol. The first kappa shape index (κ1) is 17.3. The normalized spacial score (nSPS) is 20.8. The molecule has 0 spiro atoms. The fraction of sp³-hybridized carbons (Fsp3) is 0.529. The third-order valence-corrected chi connectivity index (χ3v) is 6.34. The van der Waals surface area contributed by atoms with E-state index in [0.29, 0.717) is 17.6 Å². The first-order chi connectivity index (χ1) is 12.5. The number of carbonyl (C=O) groups is 1. The average Bonchev–Trinajstić information content (AvgIpc) is 3.19. The number of rotatable bonds is 5. The van der Waals surface area contributed by atoms with Crippen LogP contribution in [-0.4, -0.2) is 42.8 Å². The number of urea groups is 1. The summed E-state index contributed by atoms with van der Waals surface area (Å²) in [5.74, 6) is 0. The number of amides is 2. The number of sulfonamides is 1. The molecule has 2 amide bonds. The number of imidazole rings is 1. The van der Waals surface area contributed by atoms with Crippen LogP contribution in [0.5, 0.6) is 0 Å². The van der Waals surface area contributed by atoms with Gasteiger partial charge in [0.2, 0.25) is 0 Å². The zero-order chi connectivity index (χ0) is 18.1. The molecule has 140 valence electrons. The summed E-state index contributed by atoms with van der Waals surface area (Å²) < 4.78 is 34.5. The minimum atomic E-state index is -3.94. The Morgan fingerprint density at radius 2 is 2.04 bits per heavy atom. The summed E-state index contributed by atoms with van der Waals surface area (Å²) in [5, 5.41) is 2.73. The quantitative estimate of drug-likeness (QED) is 0.825. The molecule has 9 heteroatoms. The highest BCUT2D eigenvalue weighted by molar-refractivity contribution is 7.90. The molecule has 26 heavy (non-hydrogen) atoms. The van der Waals surface area contributed by atoms with E-state index in [9.17, 15) is 13.2 Å². The molecule has 1 unspecified atom stereocenters. The van der Waals surface area contributed by atoms with Crippen molar-refractivity contribution in [1.29, 1.82) is 0 Å². The monoisotopic (exact) mass is 378 g/mol. The molecule has 2 heterocycles. The third-order valence-electron chi connectivity index (χ3n) is 5.01. The minimum Gasteiger partial charge on any atom is -0.376 e. The molecule has 2 N–H and O–H groups in total. The molecule has 2 fully saturated rings. The molecular formula is C17H22N4O4S. The zero-order valence-corrected chi connectivity index (χ0v) is 15.2. The van der Waals surface area contributed by atoms with Gasteiger partial charge >= 0.3 is 6.03 Å². The molecule has 2 aliphatic rings. The van der Waals surface area contributed by atoms with Gasteiger partial charge < -0.3 is 14.6 Å². The Balaban J connectivity index is 1.52. The van der Waals surface area contributed by atoms with Crippen LogP contribution in [0.2, 0.25) is 0 Å². The van der Waals surface area contributed by atoms with Crippen LogP contribution in [0.3, 0.4) is 0 Å². The second-order valence-corrected chi connectivity index (χ2v) is 8.57. The van der Waals surface area contributed by atoms with Crippen LogP contribution >= 0.6 is 0 Å². The van der Waals surface area contributed by atoms with Crippen LogP contribution in [0.4, 0.5) is 4.79 Å². The molecule has 8 nitrogen and oxygen atoms in total. The van der Waals surface area contributed by atoms with Crippen molar-refractivity contribution in [3.8, 4) is 0 Å². The van der Waals surface area contributed by atoms with E-state index in [1.165, 1.54) is 6.07 Å². The SMILES string of the molecule is O=C(NC1CCCC1)NS(=O)(=O)c1ccc2ncn(CC3CCO3)c2c1. The van der Waals surface area contributed by atoms with E-state index >= 15 is 0 Å². The average molecular weight is 378 g/mol. The maximum Gasteiger partial charge on any atom is 0.328 e. The zero-order valence-electron chi connectivity index (χ0n) is 14.3. The van der Waals surface area contributed by atoms with Crippen molar-refractivity contribution in [2.24, 2.45) is 0 Å². The van der Waals surface area contributed by atoms with E-state index in [0.717, 1.165) is 38.7 Å². The van der Waals surface area contributed by atoms with Crippen LogP contribution in [0.15, 0.2) is 29.4 Å². The second-order valence-electron chi connectivity index (χ2n) is 6.89. The van der Waals surface area contributed by atoms with E-state index in [4.69, 9.17) is 4.74 Å². The van der Waals surface area contributed by atoms with Gasteiger partial charge in [-0.2, -0.15) is 0 Å². The Morgan fingerprint density at radius 3 is 2.73 bits per heavy atom. The van der Waals surface area contributed by atoms with E-state index in [1.807, 2.05) is 4.57 Å². The number of hydrogen-bond acceptors (Lipinski definition) is 5. The third kappa shape index (κ3) is 3.54. The highest BCUT2D eigenvalue weighted by Crippen LogP contribution is 2.22. The second kappa shape index (κ2) is 6.88. The molecule has 1 aromatic carbocycles. The molecule has 1 aliphatic heterocycles. The summed E-state index contributed by atoms with van der Waals surface area (Å²) in [6.45, 7) is 1.40. The Kier molecular flexibility index (Phi) is 4.58. The molecule has 1 saturated carbocycles. The Labute approximate surface area is 152 Å². The van der Waals surface area contributed by atoms with Crippen molar-refractivity contribution in [3.63, 3.8) is 0 Å².